The summed E-state index contributed by atoms with van der Waals surface area (Å²) in [7, 11) is 0. The molecule has 0 aliphatic carbocycles. The molecule has 0 fully saturated rings. The van der Waals surface area contributed by atoms with Gasteiger partial charge in [0.2, 0.25) is 0 Å². The standard InChI is InChI=1S/C25H21Cl2N3O4/c1-25(2,3)34-24(33)16-12-30(21-10-5-4-7-14(16)21)13-20-23(32)28-19(22(31)29-20)11-15-17(26)8-6-9-18(15)27/h4-13H,1-3H3,(H,28,32)(H,29,31)/b19-11-,20-13-. The first kappa shape index (κ1) is 23.6. The van der Waals surface area contributed by atoms with Gasteiger partial charge in [0.15, 0.2) is 0 Å². The largest absolute Gasteiger partial charge is 0.456 e. The van der Waals surface area contributed by atoms with Crippen molar-refractivity contribution in [3.05, 3.63) is 101 Å². The van der Waals surface area contributed by atoms with Crippen molar-refractivity contribution in [3.8, 4) is 0 Å². The molecular weight excluding hydrogens is 477 g/mol. The smallest absolute Gasteiger partial charge is 0.340 e. The van der Waals surface area contributed by atoms with Gasteiger partial charge in [0, 0.05) is 33.4 Å². The molecule has 4 rings (SSSR count). The number of hydrogen-bond acceptors (Lipinski definition) is 4. The number of rotatable bonds is 3. The van der Waals surface area contributed by atoms with Crippen LogP contribution in [-0.2, 0) is 4.74 Å². The van der Waals surface area contributed by atoms with Gasteiger partial charge in [-0.3, -0.25) is 9.59 Å². The second-order valence-corrected chi connectivity index (χ2v) is 9.43. The van der Waals surface area contributed by atoms with Gasteiger partial charge in [0.1, 0.15) is 16.3 Å². The highest BCUT2D eigenvalue weighted by atomic mass is 35.5. The number of esters is 1. The van der Waals surface area contributed by atoms with E-state index in [2.05, 4.69) is 9.97 Å². The summed E-state index contributed by atoms with van der Waals surface area (Å²) in [6.45, 7) is 5.36. The Bertz CT molecular complexity index is 1640. The molecule has 0 aliphatic rings. The molecule has 0 radical (unpaired) electrons. The molecule has 174 valence electrons. The van der Waals surface area contributed by atoms with Gasteiger partial charge in [0.25, 0.3) is 11.1 Å². The van der Waals surface area contributed by atoms with Crippen LogP contribution in [-0.4, -0.2) is 26.1 Å². The molecule has 2 aromatic heterocycles. The second kappa shape index (κ2) is 9.00. The number of H-pyrrole nitrogens is 2. The van der Waals surface area contributed by atoms with Gasteiger partial charge in [0.05, 0.1) is 11.1 Å². The van der Waals surface area contributed by atoms with Crippen molar-refractivity contribution in [1.29, 1.82) is 0 Å². The summed E-state index contributed by atoms with van der Waals surface area (Å²) >= 11 is 12.3. The number of fused-ring (bicyclic) bond motifs is 1. The molecule has 0 bridgehead atoms. The molecule has 2 N–H and O–H groups in total. The highest BCUT2D eigenvalue weighted by Gasteiger charge is 2.21. The van der Waals surface area contributed by atoms with Crippen LogP contribution in [0, 0.1) is 0 Å². The van der Waals surface area contributed by atoms with Crippen LogP contribution >= 0.6 is 23.2 Å². The summed E-state index contributed by atoms with van der Waals surface area (Å²) in [4.78, 5) is 43.4. The lowest BCUT2D eigenvalue weighted by Gasteiger charge is -2.19. The third-order valence-electron chi connectivity index (χ3n) is 4.90. The number of halogens is 2. The molecule has 7 nitrogen and oxygen atoms in total. The molecular formula is C25H21Cl2N3O4. The maximum Gasteiger partial charge on any atom is 0.340 e. The van der Waals surface area contributed by atoms with Crippen molar-refractivity contribution in [2.45, 2.75) is 26.4 Å². The third-order valence-corrected chi connectivity index (χ3v) is 5.56. The number of para-hydroxylation sites is 1. The minimum atomic E-state index is -0.663. The average Bonchev–Trinajstić information content (AvgIpc) is 3.12. The van der Waals surface area contributed by atoms with Gasteiger partial charge >= 0.3 is 5.97 Å². The Morgan fingerprint density at radius 3 is 2.24 bits per heavy atom. The van der Waals surface area contributed by atoms with Gasteiger partial charge in [-0.15, -0.1) is 0 Å². The second-order valence-electron chi connectivity index (χ2n) is 8.61. The molecule has 0 unspecified atom stereocenters. The van der Waals surface area contributed by atoms with Crippen LogP contribution in [0.4, 0.5) is 0 Å². The number of nitrogens with zero attached hydrogens (tertiary/aromatic N) is 1. The Morgan fingerprint density at radius 1 is 0.941 bits per heavy atom. The number of hydrogen-bond donors (Lipinski definition) is 2. The Hall–Kier alpha value is -3.55. The van der Waals surface area contributed by atoms with Gasteiger partial charge in [-0.05, 0) is 45.0 Å². The van der Waals surface area contributed by atoms with E-state index in [1.807, 2.05) is 6.07 Å². The van der Waals surface area contributed by atoms with Crippen molar-refractivity contribution >= 4 is 52.4 Å². The molecule has 0 aliphatic heterocycles. The molecule has 0 atom stereocenters. The molecule has 2 heterocycles. The summed E-state index contributed by atoms with van der Waals surface area (Å²) in [6, 6.07) is 12.1. The lowest BCUT2D eigenvalue weighted by atomic mass is 10.1. The maximum absolute atomic E-state index is 12.8. The van der Waals surface area contributed by atoms with E-state index >= 15 is 0 Å². The average molecular weight is 498 g/mol. The highest BCUT2D eigenvalue weighted by Crippen LogP contribution is 2.25. The summed E-state index contributed by atoms with van der Waals surface area (Å²) < 4.78 is 7.11. The summed E-state index contributed by atoms with van der Waals surface area (Å²) in [5.41, 5.74) is -0.303. The number of nitrogens with one attached hydrogen (secondary N) is 2. The minimum absolute atomic E-state index is 0.00361. The van der Waals surface area contributed by atoms with E-state index in [9.17, 15) is 14.4 Å². The van der Waals surface area contributed by atoms with Crippen LogP contribution in [0.1, 0.15) is 36.7 Å². The quantitative estimate of drug-likeness (QED) is 0.424. The fourth-order valence-corrected chi connectivity index (χ4v) is 3.93. The van der Waals surface area contributed by atoms with E-state index in [1.54, 1.807) is 67.9 Å². The minimum Gasteiger partial charge on any atom is -0.456 e. The van der Waals surface area contributed by atoms with Crippen molar-refractivity contribution in [3.63, 3.8) is 0 Å². The number of carbonyl (C=O) groups is 1. The Balaban J connectivity index is 1.86. The lowest BCUT2D eigenvalue weighted by molar-refractivity contribution is 0.00717. The molecule has 9 heteroatoms. The van der Waals surface area contributed by atoms with Crippen molar-refractivity contribution in [1.82, 2.24) is 14.5 Å². The number of carbonyl (C=O) groups excluding carboxylic acids is 1. The van der Waals surface area contributed by atoms with Crippen LogP contribution in [0.2, 0.25) is 10.0 Å². The van der Waals surface area contributed by atoms with E-state index in [0.29, 0.717) is 32.1 Å². The molecule has 0 spiro atoms. The maximum atomic E-state index is 12.8. The fraction of sp³-hybridized carbons (Fsp3) is 0.160. The Labute approximate surface area is 203 Å². The zero-order valence-electron chi connectivity index (χ0n) is 18.6. The molecule has 0 saturated carbocycles. The number of benzene rings is 2. The van der Waals surface area contributed by atoms with Crippen LogP contribution in [0.5, 0.6) is 0 Å². The predicted molar refractivity (Wildman–Crippen MR) is 134 cm³/mol. The van der Waals surface area contributed by atoms with E-state index in [-0.39, 0.29) is 10.7 Å². The molecule has 0 saturated heterocycles. The number of aromatic nitrogens is 3. The molecule has 2 aromatic carbocycles. The summed E-state index contributed by atoms with van der Waals surface area (Å²) in [5.74, 6) is -0.486. The summed E-state index contributed by atoms with van der Waals surface area (Å²) in [6.07, 6.45) is 4.43. The monoisotopic (exact) mass is 497 g/mol. The van der Waals surface area contributed by atoms with Crippen LogP contribution in [0.3, 0.4) is 0 Å². The van der Waals surface area contributed by atoms with Gasteiger partial charge in [-0.1, -0.05) is 47.5 Å². The highest BCUT2D eigenvalue weighted by molar-refractivity contribution is 6.37. The van der Waals surface area contributed by atoms with Crippen LogP contribution in [0.15, 0.2) is 58.3 Å². The first-order chi connectivity index (χ1) is 16.0. The van der Waals surface area contributed by atoms with Gasteiger partial charge < -0.3 is 19.3 Å². The lowest BCUT2D eigenvalue weighted by Crippen LogP contribution is -2.47. The van der Waals surface area contributed by atoms with Crippen LogP contribution in [0.25, 0.3) is 23.2 Å². The first-order valence-electron chi connectivity index (χ1n) is 10.4. The third kappa shape index (κ3) is 4.85. The van der Waals surface area contributed by atoms with Gasteiger partial charge in [-0.2, -0.15) is 0 Å². The number of ether oxygens (including phenoxy) is 1. The molecule has 4 aromatic rings. The predicted octanol–water partition coefficient (Wildman–Crippen LogP) is 3.40. The first-order valence-corrected chi connectivity index (χ1v) is 11.1. The Kier molecular flexibility index (Phi) is 6.25. The number of aromatic amines is 2. The van der Waals surface area contributed by atoms with E-state index < -0.39 is 22.7 Å². The van der Waals surface area contributed by atoms with Crippen molar-refractivity contribution in [2.24, 2.45) is 0 Å². The van der Waals surface area contributed by atoms with Crippen LogP contribution < -0.4 is 21.8 Å². The summed E-state index contributed by atoms with van der Waals surface area (Å²) in [5, 5.41) is 1.35. The van der Waals surface area contributed by atoms with E-state index in [0.717, 1.165) is 0 Å². The van der Waals surface area contributed by atoms with Gasteiger partial charge in [-0.25, -0.2) is 4.79 Å². The molecule has 34 heavy (non-hydrogen) atoms. The Morgan fingerprint density at radius 2 is 1.56 bits per heavy atom. The zero-order chi connectivity index (χ0) is 24.6. The zero-order valence-corrected chi connectivity index (χ0v) is 20.1. The van der Waals surface area contributed by atoms with E-state index in [4.69, 9.17) is 27.9 Å². The fourth-order valence-electron chi connectivity index (χ4n) is 3.42. The van der Waals surface area contributed by atoms with Crippen molar-refractivity contribution < 1.29 is 9.53 Å². The van der Waals surface area contributed by atoms with Crippen molar-refractivity contribution in [2.75, 3.05) is 0 Å². The SMILES string of the molecule is CC(C)(C)OC(=O)c1cn(/C=c2\[nH]c(=O)/c(=C/c3c(Cl)cccc3Cl)[nH]c2=O)c2ccccc12. The van der Waals surface area contributed by atoms with E-state index in [1.165, 1.54) is 12.3 Å². The normalized spacial score (nSPS) is 13.0. The molecule has 0 amide bonds. The topological polar surface area (TPSA) is 96.9 Å².